The van der Waals surface area contributed by atoms with Crippen molar-refractivity contribution in [1.82, 2.24) is 4.90 Å². The first-order valence-corrected chi connectivity index (χ1v) is 8.70. The molecule has 6 heteroatoms. The minimum atomic E-state index is -0.280. The highest BCUT2D eigenvalue weighted by molar-refractivity contribution is 5.95. The molecule has 1 aliphatic heterocycles. The number of nitrogens with one attached hydrogen (secondary N) is 2. The van der Waals surface area contributed by atoms with Crippen LogP contribution in [0.3, 0.4) is 0 Å². The van der Waals surface area contributed by atoms with Gasteiger partial charge in [-0.1, -0.05) is 6.07 Å². The maximum atomic E-state index is 13.3. The van der Waals surface area contributed by atoms with Crippen molar-refractivity contribution in [3.63, 3.8) is 0 Å². The number of rotatable bonds is 4. The van der Waals surface area contributed by atoms with E-state index < -0.39 is 0 Å². The van der Waals surface area contributed by atoms with Crippen LogP contribution in [0, 0.1) is 5.82 Å². The molecule has 1 saturated heterocycles. The minimum Gasteiger partial charge on any atom is -0.380 e. The number of piperidine rings is 1. The summed E-state index contributed by atoms with van der Waals surface area (Å²) in [6, 6.07) is 13.3. The summed E-state index contributed by atoms with van der Waals surface area (Å²) < 4.78 is 13.3. The molecule has 3 rings (SSSR count). The largest absolute Gasteiger partial charge is 0.380 e. The lowest BCUT2D eigenvalue weighted by Crippen LogP contribution is -2.45. The van der Waals surface area contributed by atoms with Crippen molar-refractivity contribution in [1.29, 1.82) is 0 Å². The van der Waals surface area contributed by atoms with E-state index in [-0.39, 0.29) is 23.7 Å². The number of amides is 2. The molecule has 136 valence electrons. The first-order valence-electron chi connectivity index (χ1n) is 8.70. The molecule has 2 N–H and O–H groups in total. The van der Waals surface area contributed by atoms with Gasteiger partial charge in [-0.25, -0.2) is 4.39 Å². The number of hydrogen-bond acceptors (Lipinski definition) is 3. The van der Waals surface area contributed by atoms with Gasteiger partial charge >= 0.3 is 0 Å². The summed E-state index contributed by atoms with van der Waals surface area (Å²) >= 11 is 0. The Balaban J connectivity index is 1.63. The predicted molar refractivity (Wildman–Crippen MR) is 99.7 cm³/mol. The molecule has 26 heavy (non-hydrogen) atoms. The lowest BCUT2D eigenvalue weighted by atomic mass is 10.0. The van der Waals surface area contributed by atoms with Gasteiger partial charge in [-0.3, -0.25) is 9.59 Å². The maximum Gasteiger partial charge on any atom is 0.253 e. The number of carbonyl (C=O) groups is 2. The lowest BCUT2D eigenvalue weighted by molar-refractivity contribution is -0.114. The van der Waals surface area contributed by atoms with Crippen LogP contribution < -0.4 is 10.6 Å². The monoisotopic (exact) mass is 355 g/mol. The molecule has 0 bridgehead atoms. The van der Waals surface area contributed by atoms with Gasteiger partial charge < -0.3 is 15.5 Å². The maximum absolute atomic E-state index is 13.3. The first-order chi connectivity index (χ1) is 12.5. The number of nitrogens with zero attached hydrogens (tertiary/aromatic N) is 1. The van der Waals surface area contributed by atoms with Crippen LogP contribution in [0.1, 0.15) is 30.1 Å². The number of hydrogen-bond donors (Lipinski definition) is 2. The second kappa shape index (κ2) is 7.99. The highest BCUT2D eigenvalue weighted by Crippen LogP contribution is 2.19. The van der Waals surface area contributed by atoms with Crippen molar-refractivity contribution in [2.75, 3.05) is 23.7 Å². The summed E-state index contributed by atoms with van der Waals surface area (Å²) in [4.78, 5) is 25.6. The van der Waals surface area contributed by atoms with E-state index in [9.17, 15) is 14.0 Å². The molecule has 0 aliphatic carbocycles. The Bertz CT molecular complexity index is 792. The van der Waals surface area contributed by atoms with Crippen molar-refractivity contribution >= 4 is 23.2 Å². The molecule has 1 aliphatic rings. The van der Waals surface area contributed by atoms with E-state index in [1.165, 1.54) is 19.1 Å². The van der Waals surface area contributed by atoms with Crippen LogP contribution in [0.25, 0.3) is 0 Å². The number of benzene rings is 2. The van der Waals surface area contributed by atoms with Crippen molar-refractivity contribution in [3.8, 4) is 0 Å². The summed E-state index contributed by atoms with van der Waals surface area (Å²) in [5, 5.41) is 5.99. The molecule has 0 saturated carbocycles. The molecule has 0 unspecified atom stereocenters. The van der Waals surface area contributed by atoms with E-state index in [0.717, 1.165) is 18.5 Å². The van der Waals surface area contributed by atoms with Crippen LogP contribution in [0.4, 0.5) is 15.8 Å². The zero-order valence-corrected chi connectivity index (χ0v) is 14.7. The average molecular weight is 355 g/mol. The molecular formula is C20H22FN3O2. The zero-order chi connectivity index (χ0) is 18.5. The minimum absolute atomic E-state index is 0.0369. The van der Waals surface area contributed by atoms with Crippen molar-refractivity contribution in [2.24, 2.45) is 0 Å². The predicted octanol–water partition coefficient (Wildman–Crippen LogP) is 3.50. The fourth-order valence-corrected chi connectivity index (χ4v) is 3.18. The lowest BCUT2D eigenvalue weighted by Gasteiger charge is -2.33. The number of likely N-dealkylation sites (tertiary alicyclic amines) is 1. The van der Waals surface area contributed by atoms with Gasteiger partial charge in [0.15, 0.2) is 0 Å². The number of anilines is 2. The first kappa shape index (κ1) is 17.9. The second-order valence-corrected chi connectivity index (χ2v) is 6.50. The van der Waals surface area contributed by atoms with E-state index in [4.69, 9.17) is 0 Å². The van der Waals surface area contributed by atoms with Crippen LogP contribution in [-0.4, -0.2) is 35.8 Å². The fourth-order valence-electron chi connectivity index (χ4n) is 3.18. The molecular weight excluding hydrogens is 333 g/mol. The van der Waals surface area contributed by atoms with E-state index in [1.54, 1.807) is 30.3 Å². The Morgan fingerprint density at radius 3 is 2.58 bits per heavy atom. The van der Waals surface area contributed by atoms with E-state index in [0.29, 0.717) is 24.3 Å². The van der Waals surface area contributed by atoms with E-state index >= 15 is 0 Å². The van der Waals surface area contributed by atoms with Gasteiger partial charge in [-0.15, -0.1) is 0 Å². The third-order valence-electron chi connectivity index (χ3n) is 4.36. The molecule has 1 heterocycles. The van der Waals surface area contributed by atoms with Gasteiger partial charge in [0.2, 0.25) is 5.91 Å². The summed E-state index contributed by atoms with van der Waals surface area (Å²) in [5.41, 5.74) is 1.98. The standard InChI is InChI=1S/C20H22FN3O2/c1-14(25)22-17-9-7-15(8-10-17)20(26)24-11-3-6-19(13-24)23-18-5-2-4-16(21)12-18/h2,4-5,7-10,12,19,23H,3,6,11,13H2,1H3,(H,22,25)/t19-/m1/s1. The molecule has 0 aromatic heterocycles. The van der Waals surface area contributed by atoms with Crippen LogP contribution in [0.5, 0.6) is 0 Å². The zero-order valence-electron chi connectivity index (χ0n) is 14.7. The molecule has 5 nitrogen and oxygen atoms in total. The van der Waals surface area contributed by atoms with Gasteiger partial charge in [0.25, 0.3) is 5.91 Å². The van der Waals surface area contributed by atoms with Crippen molar-refractivity contribution in [3.05, 3.63) is 59.9 Å². The van der Waals surface area contributed by atoms with Crippen molar-refractivity contribution < 1.29 is 14.0 Å². The summed E-state index contributed by atoms with van der Waals surface area (Å²) in [6.45, 7) is 2.72. The molecule has 1 fully saturated rings. The normalized spacial score (nSPS) is 16.8. The Morgan fingerprint density at radius 1 is 1.12 bits per heavy atom. The highest BCUT2D eigenvalue weighted by atomic mass is 19.1. The van der Waals surface area contributed by atoms with Crippen LogP contribution in [0.2, 0.25) is 0 Å². The van der Waals surface area contributed by atoms with Gasteiger partial charge in [0.05, 0.1) is 0 Å². The Morgan fingerprint density at radius 2 is 1.88 bits per heavy atom. The Labute approximate surface area is 152 Å². The van der Waals surface area contributed by atoms with Crippen molar-refractivity contribution in [2.45, 2.75) is 25.8 Å². The highest BCUT2D eigenvalue weighted by Gasteiger charge is 2.24. The average Bonchev–Trinajstić information content (AvgIpc) is 2.61. The second-order valence-electron chi connectivity index (χ2n) is 6.50. The Kier molecular flexibility index (Phi) is 5.51. The van der Waals surface area contributed by atoms with Gasteiger partial charge in [0.1, 0.15) is 5.82 Å². The summed E-state index contributed by atoms with van der Waals surface area (Å²) in [6.07, 6.45) is 1.82. The molecule has 1 atom stereocenters. The molecule has 2 amide bonds. The van der Waals surface area contributed by atoms with Gasteiger partial charge in [0, 0.05) is 43.0 Å². The summed E-state index contributed by atoms with van der Waals surface area (Å²) in [7, 11) is 0. The third-order valence-corrected chi connectivity index (χ3v) is 4.36. The van der Waals surface area contributed by atoms with Gasteiger partial charge in [-0.05, 0) is 55.3 Å². The van der Waals surface area contributed by atoms with Gasteiger partial charge in [-0.2, -0.15) is 0 Å². The van der Waals surface area contributed by atoms with Crippen LogP contribution >= 0.6 is 0 Å². The fraction of sp³-hybridized carbons (Fsp3) is 0.300. The Hall–Kier alpha value is -2.89. The third kappa shape index (κ3) is 4.59. The quantitative estimate of drug-likeness (QED) is 0.882. The molecule has 2 aromatic carbocycles. The smallest absolute Gasteiger partial charge is 0.253 e. The van der Waals surface area contributed by atoms with Crippen LogP contribution in [-0.2, 0) is 4.79 Å². The molecule has 0 spiro atoms. The van der Waals surface area contributed by atoms with E-state index in [1.807, 2.05) is 11.0 Å². The number of halogens is 1. The topological polar surface area (TPSA) is 61.4 Å². The van der Waals surface area contributed by atoms with E-state index in [2.05, 4.69) is 10.6 Å². The summed E-state index contributed by atoms with van der Waals surface area (Å²) in [5.74, 6) is -0.463. The number of carbonyl (C=O) groups excluding carboxylic acids is 2. The SMILES string of the molecule is CC(=O)Nc1ccc(C(=O)N2CCC[C@@H](Nc3cccc(F)c3)C2)cc1. The molecule has 2 aromatic rings. The van der Waals surface area contributed by atoms with Crippen LogP contribution in [0.15, 0.2) is 48.5 Å². The molecule has 0 radical (unpaired) electrons.